The monoisotopic (exact) mass is 382 g/mol. The number of carbonyl (C=O) groups excluding carboxylic acids is 2. The minimum Gasteiger partial charge on any atom is -0.479 e. The predicted molar refractivity (Wildman–Crippen MR) is 103 cm³/mol. The van der Waals surface area contributed by atoms with Gasteiger partial charge in [0.05, 0.1) is 0 Å². The molecule has 146 valence electrons. The number of anilines is 1. The lowest BCUT2D eigenvalue weighted by atomic mass is 9.91. The van der Waals surface area contributed by atoms with Gasteiger partial charge < -0.3 is 20.4 Å². The number of nitrogens with one attached hydrogen (secondary N) is 1. The standard InChI is InChI=1S/C21H22N2O5/c1-14-7-8-16(13-17(14)22-18(24)15-5-3-2-4-6-15)19(25)23-11-9-21(28,10-12-23)20(26)27/h2-8,13,28H,9-12H2,1H3,(H,22,24)(H,26,27). The van der Waals surface area contributed by atoms with Crippen molar-refractivity contribution in [2.24, 2.45) is 0 Å². The Bertz CT molecular complexity index is 902. The fraction of sp³-hybridized carbons (Fsp3) is 0.286. The number of rotatable bonds is 4. The van der Waals surface area contributed by atoms with E-state index < -0.39 is 11.6 Å². The second-order valence-electron chi connectivity index (χ2n) is 6.98. The lowest BCUT2D eigenvalue weighted by molar-refractivity contribution is -0.162. The molecule has 28 heavy (non-hydrogen) atoms. The molecular formula is C21H22N2O5. The van der Waals surface area contributed by atoms with Crippen molar-refractivity contribution in [3.63, 3.8) is 0 Å². The highest BCUT2D eigenvalue weighted by atomic mass is 16.4. The van der Waals surface area contributed by atoms with Crippen molar-refractivity contribution in [1.29, 1.82) is 0 Å². The number of aliphatic carboxylic acids is 1. The first-order chi connectivity index (χ1) is 13.3. The number of aryl methyl sites for hydroxylation is 1. The zero-order chi connectivity index (χ0) is 20.3. The van der Waals surface area contributed by atoms with Crippen LogP contribution in [0.5, 0.6) is 0 Å². The Labute approximate surface area is 162 Å². The maximum Gasteiger partial charge on any atom is 0.335 e. The minimum atomic E-state index is -1.78. The number of carboxylic acids is 1. The second-order valence-corrected chi connectivity index (χ2v) is 6.98. The number of benzene rings is 2. The SMILES string of the molecule is Cc1ccc(C(=O)N2CCC(O)(C(=O)O)CC2)cc1NC(=O)c1ccccc1. The molecule has 1 fully saturated rings. The molecule has 3 rings (SSSR count). The molecule has 1 heterocycles. The first kappa shape index (κ1) is 19.6. The summed E-state index contributed by atoms with van der Waals surface area (Å²) in [4.78, 5) is 37.8. The molecule has 0 radical (unpaired) electrons. The number of hydrogen-bond acceptors (Lipinski definition) is 4. The van der Waals surface area contributed by atoms with Crippen molar-refractivity contribution in [2.75, 3.05) is 18.4 Å². The van der Waals surface area contributed by atoms with Gasteiger partial charge in [-0.05, 0) is 36.8 Å². The van der Waals surface area contributed by atoms with Crippen LogP contribution in [0.4, 0.5) is 5.69 Å². The van der Waals surface area contributed by atoms with E-state index in [9.17, 15) is 19.5 Å². The molecule has 0 unspecified atom stereocenters. The zero-order valence-electron chi connectivity index (χ0n) is 15.5. The van der Waals surface area contributed by atoms with Gasteiger partial charge in [0.15, 0.2) is 5.60 Å². The molecular weight excluding hydrogens is 360 g/mol. The fourth-order valence-electron chi connectivity index (χ4n) is 3.15. The van der Waals surface area contributed by atoms with E-state index in [0.29, 0.717) is 16.8 Å². The third-order valence-corrected chi connectivity index (χ3v) is 5.04. The average molecular weight is 382 g/mol. The summed E-state index contributed by atoms with van der Waals surface area (Å²) >= 11 is 0. The van der Waals surface area contributed by atoms with Crippen molar-refractivity contribution >= 4 is 23.5 Å². The van der Waals surface area contributed by atoms with Crippen LogP contribution in [-0.2, 0) is 4.79 Å². The van der Waals surface area contributed by atoms with Crippen molar-refractivity contribution in [3.8, 4) is 0 Å². The molecule has 7 nitrogen and oxygen atoms in total. The summed E-state index contributed by atoms with van der Waals surface area (Å²) in [5, 5.41) is 21.9. The third-order valence-electron chi connectivity index (χ3n) is 5.04. The Kier molecular flexibility index (Phi) is 5.46. The van der Waals surface area contributed by atoms with Gasteiger partial charge >= 0.3 is 5.97 Å². The van der Waals surface area contributed by atoms with Gasteiger partial charge in [0.25, 0.3) is 11.8 Å². The molecule has 1 saturated heterocycles. The molecule has 3 N–H and O–H groups in total. The number of nitrogens with zero attached hydrogens (tertiary/aromatic N) is 1. The molecule has 0 atom stereocenters. The Morgan fingerprint density at radius 1 is 1.00 bits per heavy atom. The van der Waals surface area contributed by atoms with Gasteiger partial charge in [0, 0.05) is 42.7 Å². The van der Waals surface area contributed by atoms with Gasteiger partial charge in [-0.3, -0.25) is 9.59 Å². The second kappa shape index (κ2) is 7.82. The summed E-state index contributed by atoms with van der Waals surface area (Å²) in [5.41, 5.74) is 0.495. The minimum absolute atomic E-state index is 0.0163. The first-order valence-electron chi connectivity index (χ1n) is 9.02. The number of piperidine rings is 1. The van der Waals surface area contributed by atoms with E-state index in [2.05, 4.69) is 5.32 Å². The lowest BCUT2D eigenvalue weighted by Crippen LogP contribution is -2.50. The Morgan fingerprint density at radius 2 is 1.64 bits per heavy atom. The van der Waals surface area contributed by atoms with E-state index in [1.807, 2.05) is 13.0 Å². The summed E-state index contributed by atoms with van der Waals surface area (Å²) < 4.78 is 0. The van der Waals surface area contributed by atoms with Crippen LogP contribution in [0.15, 0.2) is 48.5 Å². The Balaban J connectivity index is 1.73. The highest BCUT2D eigenvalue weighted by Crippen LogP contribution is 2.25. The van der Waals surface area contributed by atoms with Crippen molar-refractivity contribution in [3.05, 3.63) is 65.2 Å². The summed E-state index contributed by atoms with van der Waals surface area (Å²) in [6.07, 6.45) is -0.0327. The quantitative estimate of drug-likeness (QED) is 0.752. The molecule has 0 spiro atoms. The highest BCUT2D eigenvalue weighted by Gasteiger charge is 2.40. The number of likely N-dealkylation sites (tertiary alicyclic amines) is 1. The maximum atomic E-state index is 12.8. The Hall–Kier alpha value is -3.19. The van der Waals surface area contributed by atoms with Crippen LogP contribution >= 0.6 is 0 Å². The lowest BCUT2D eigenvalue weighted by Gasteiger charge is -2.35. The molecule has 2 amide bonds. The average Bonchev–Trinajstić information content (AvgIpc) is 2.70. The molecule has 1 aliphatic rings. The summed E-state index contributed by atoms with van der Waals surface area (Å²) in [5.74, 6) is -1.79. The van der Waals surface area contributed by atoms with Crippen molar-refractivity contribution < 1.29 is 24.6 Å². The number of carbonyl (C=O) groups is 3. The van der Waals surface area contributed by atoms with E-state index in [1.165, 1.54) is 4.90 Å². The fourth-order valence-corrected chi connectivity index (χ4v) is 3.15. The summed E-state index contributed by atoms with van der Waals surface area (Å²) in [7, 11) is 0. The predicted octanol–water partition coefficient (Wildman–Crippen LogP) is 2.30. The molecule has 0 saturated carbocycles. The van der Waals surface area contributed by atoms with Gasteiger partial charge in [-0.25, -0.2) is 4.79 Å². The van der Waals surface area contributed by atoms with Crippen LogP contribution in [0.3, 0.4) is 0 Å². The topological polar surface area (TPSA) is 107 Å². The van der Waals surface area contributed by atoms with Gasteiger partial charge in [0.1, 0.15) is 0 Å². The summed E-state index contributed by atoms with van der Waals surface area (Å²) in [6.45, 7) is 2.14. The van der Waals surface area contributed by atoms with Crippen LogP contribution < -0.4 is 5.32 Å². The highest BCUT2D eigenvalue weighted by molar-refractivity contribution is 6.05. The van der Waals surface area contributed by atoms with E-state index in [4.69, 9.17) is 5.11 Å². The first-order valence-corrected chi connectivity index (χ1v) is 9.02. The molecule has 2 aromatic rings. The molecule has 0 bridgehead atoms. The molecule has 7 heteroatoms. The Morgan fingerprint density at radius 3 is 2.25 bits per heavy atom. The van der Waals surface area contributed by atoms with Gasteiger partial charge in [-0.1, -0.05) is 24.3 Å². The summed E-state index contributed by atoms with van der Waals surface area (Å²) in [6, 6.07) is 13.8. The van der Waals surface area contributed by atoms with Gasteiger partial charge in [-0.15, -0.1) is 0 Å². The number of aliphatic hydroxyl groups is 1. The smallest absolute Gasteiger partial charge is 0.335 e. The van der Waals surface area contributed by atoms with Crippen LogP contribution in [0.1, 0.15) is 39.1 Å². The molecule has 0 aliphatic carbocycles. The number of amides is 2. The van der Waals surface area contributed by atoms with Gasteiger partial charge in [0.2, 0.25) is 0 Å². The number of hydrogen-bond donors (Lipinski definition) is 3. The zero-order valence-corrected chi connectivity index (χ0v) is 15.5. The van der Waals surface area contributed by atoms with E-state index >= 15 is 0 Å². The van der Waals surface area contributed by atoms with Crippen LogP contribution in [0, 0.1) is 6.92 Å². The molecule has 1 aliphatic heterocycles. The maximum absolute atomic E-state index is 12.8. The van der Waals surface area contributed by atoms with E-state index in [1.54, 1.807) is 42.5 Å². The van der Waals surface area contributed by atoms with Crippen LogP contribution in [0.25, 0.3) is 0 Å². The van der Waals surface area contributed by atoms with Crippen molar-refractivity contribution in [2.45, 2.75) is 25.4 Å². The van der Waals surface area contributed by atoms with E-state index in [0.717, 1.165) is 5.56 Å². The molecule has 0 aromatic heterocycles. The van der Waals surface area contributed by atoms with Crippen molar-refractivity contribution in [1.82, 2.24) is 4.90 Å². The molecule has 2 aromatic carbocycles. The van der Waals surface area contributed by atoms with E-state index in [-0.39, 0.29) is 37.7 Å². The van der Waals surface area contributed by atoms with Gasteiger partial charge in [-0.2, -0.15) is 0 Å². The van der Waals surface area contributed by atoms with Crippen LogP contribution in [-0.4, -0.2) is 51.6 Å². The third kappa shape index (κ3) is 4.04. The normalized spacial score (nSPS) is 15.7. The van der Waals surface area contributed by atoms with Crippen LogP contribution in [0.2, 0.25) is 0 Å². The number of carboxylic acid groups (broad SMARTS) is 1. The largest absolute Gasteiger partial charge is 0.479 e.